The second-order valence-corrected chi connectivity index (χ2v) is 8.00. The van der Waals surface area contributed by atoms with Crippen LogP contribution in [0.25, 0.3) is 0 Å². The van der Waals surface area contributed by atoms with Gasteiger partial charge in [0.25, 0.3) is 0 Å². The maximum atomic E-state index is 13.4. The molecule has 4 aromatic carbocycles. The molecule has 0 aromatic heterocycles. The minimum Gasteiger partial charge on any atom is -0.308 e. The van der Waals surface area contributed by atoms with Gasteiger partial charge in [0.15, 0.2) is 0 Å². The Morgan fingerprint density at radius 3 is 2.13 bits per heavy atom. The van der Waals surface area contributed by atoms with E-state index in [0.717, 1.165) is 38.7 Å². The largest absolute Gasteiger partial charge is 0.326 e. The van der Waals surface area contributed by atoms with E-state index in [1.54, 1.807) is 0 Å². The van der Waals surface area contributed by atoms with Crippen molar-refractivity contribution in [2.24, 2.45) is 0 Å². The second kappa shape index (κ2) is 8.29. The maximum absolute atomic E-state index is 13.4. The second-order valence-electron chi connectivity index (χ2n) is 7.59. The number of rotatable bonds is 2. The number of hydrogen-bond acceptors (Lipinski definition) is 1. The molecule has 1 aliphatic rings. The number of nitrogens with zero attached hydrogens (tertiary/aromatic N) is 1. The minimum absolute atomic E-state index is 0.0596. The first-order valence-electron chi connectivity index (χ1n) is 10.3. The highest BCUT2D eigenvalue weighted by molar-refractivity contribution is 6.31. The molecule has 0 saturated carbocycles. The van der Waals surface area contributed by atoms with E-state index >= 15 is 0 Å². The van der Waals surface area contributed by atoms with Crippen LogP contribution in [0.3, 0.4) is 0 Å². The molecular formula is C27H21ClN2O. The van der Waals surface area contributed by atoms with Crippen LogP contribution in [-0.4, -0.2) is 6.03 Å². The summed E-state index contributed by atoms with van der Waals surface area (Å²) in [5, 5.41) is 3.76. The average Bonchev–Trinajstić information content (AvgIpc) is 2.95. The molecule has 2 amide bonds. The maximum Gasteiger partial charge on any atom is 0.326 e. The summed E-state index contributed by atoms with van der Waals surface area (Å²) in [6.45, 7) is 0.479. The number of amides is 2. The molecule has 1 atom stereocenters. The Kier molecular flexibility index (Phi) is 5.19. The standard InChI is InChI=1S/C27H21ClN2O/c28-24-16-8-6-14-22(24)26-21-13-5-4-10-19(21)18-30(25-17-9-7-15-23(25)26)27(31)29-20-11-2-1-3-12-20/h1-17,26H,18H2,(H,29,31). The summed E-state index contributed by atoms with van der Waals surface area (Å²) in [6.07, 6.45) is 0. The van der Waals surface area contributed by atoms with E-state index in [-0.39, 0.29) is 11.9 Å². The third kappa shape index (κ3) is 3.69. The van der Waals surface area contributed by atoms with Gasteiger partial charge in [-0.2, -0.15) is 0 Å². The van der Waals surface area contributed by atoms with Crippen molar-refractivity contribution in [2.45, 2.75) is 12.5 Å². The third-order valence-corrected chi connectivity index (χ3v) is 6.06. The molecule has 1 unspecified atom stereocenters. The van der Waals surface area contributed by atoms with Gasteiger partial charge in [0.2, 0.25) is 0 Å². The van der Waals surface area contributed by atoms with Gasteiger partial charge in [0, 0.05) is 22.3 Å². The molecule has 1 heterocycles. The first-order chi connectivity index (χ1) is 15.2. The smallest absolute Gasteiger partial charge is 0.308 e. The molecule has 0 spiro atoms. The van der Waals surface area contributed by atoms with Crippen molar-refractivity contribution in [3.8, 4) is 0 Å². The summed E-state index contributed by atoms with van der Waals surface area (Å²) in [5.41, 5.74) is 6.02. The molecule has 5 rings (SSSR count). The minimum atomic E-state index is -0.159. The molecule has 0 aliphatic carbocycles. The highest BCUT2D eigenvalue weighted by Gasteiger charge is 2.31. The lowest BCUT2D eigenvalue weighted by Crippen LogP contribution is -2.34. The van der Waals surface area contributed by atoms with E-state index < -0.39 is 0 Å². The van der Waals surface area contributed by atoms with Gasteiger partial charge in [-0.3, -0.25) is 4.90 Å². The predicted molar refractivity (Wildman–Crippen MR) is 127 cm³/mol. The molecule has 0 saturated heterocycles. The van der Waals surface area contributed by atoms with E-state index in [0.29, 0.717) is 6.54 Å². The first kappa shape index (κ1) is 19.4. The van der Waals surface area contributed by atoms with Crippen molar-refractivity contribution >= 4 is 29.0 Å². The number of benzene rings is 4. The van der Waals surface area contributed by atoms with Gasteiger partial charge in [-0.1, -0.05) is 90.5 Å². The van der Waals surface area contributed by atoms with Crippen LogP contribution in [0.15, 0.2) is 103 Å². The zero-order valence-electron chi connectivity index (χ0n) is 16.8. The molecule has 3 nitrogen and oxygen atoms in total. The number of hydrogen-bond donors (Lipinski definition) is 1. The van der Waals surface area contributed by atoms with Crippen LogP contribution in [0.1, 0.15) is 28.2 Å². The zero-order valence-corrected chi connectivity index (χ0v) is 17.6. The number of para-hydroxylation sites is 2. The number of urea groups is 1. The van der Waals surface area contributed by atoms with Gasteiger partial charge in [0.1, 0.15) is 0 Å². The van der Waals surface area contributed by atoms with Crippen molar-refractivity contribution in [1.82, 2.24) is 0 Å². The van der Waals surface area contributed by atoms with E-state index in [9.17, 15) is 4.79 Å². The molecule has 0 bridgehead atoms. The first-order valence-corrected chi connectivity index (χ1v) is 10.6. The lowest BCUT2D eigenvalue weighted by Gasteiger charge is -2.25. The van der Waals surface area contributed by atoms with E-state index in [4.69, 9.17) is 11.6 Å². The Morgan fingerprint density at radius 1 is 0.742 bits per heavy atom. The molecule has 4 heteroatoms. The number of carbonyl (C=O) groups is 1. The molecule has 1 aliphatic heterocycles. The fourth-order valence-electron chi connectivity index (χ4n) is 4.30. The van der Waals surface area contributed by atoms with E-state index in [1.807, 2.05) is 83.8 Å². The summed E-state index contributed by atoms with van der Waals surface area (Å²) >= 11 is 6.66. The summed E-state index contributed by atoms with van der Waals surface area (Å²) in [6, 6.07) is 33.7. The Labute approximate surface area is 186 Å². The van der Waals surface area contributed by atoms with Gasteiger partial charge in [-0.15, -0.1) is 0 Å². The van der Waals surface area contributed by atoms with Crippen LogP contribution < -0.4 is 10.2 Å². The third-order valence-electron chi connectivity index (χ3n) is 5.72. The molecule has 0 fully saturated rings. The van der Waals surface area contributed by atoms with E-state index in [2.05, 4.69) is 29.6 Å². The number of carbonyl (C=O) groups excluding carboxylic acids is 1. The van der Waals surface area contributed by atoms with Crippen LogP contribution in [0, 0.1) is 0 Å². The summed E-state index contributed by atoms with van der Waals surface area (Å²) < 4.78 is 0. The molecule has 152 valence electrons. The highest BCUT2D eigenvalue weighted by Crippen LogP contribution is 2.44. The normalized spacial score (nSPS) is 14.9. The van der Waals surface area contributed by atoms with Gasteiger partial charge in [0.05, 0.1) is 6.54 Å². The Balaban J connectivity index is 1.67. The lowest BCUT2D eigenvalue weighted by atomic mass is 9.83. The predicted octanol–water partition coefficient (Wildman–Crippen LogP) is 7.07. The molecule has 4 aromatic rings. The lowest BCUT2D eigenvalue weighted by molar-refractivity contribution is 0.256. The van der Waals surface area contributed by atoms with Gasteiger partial charge in [-0.05, 0) is 46.5 Å². The van der Waals surface area contributed by atoms with Gasteiger partial charge < -0.3 is 5.32 Å². The van der Waals surface area contributed by atoms with Crippen molar-refractivity contribution < 1.29 is 4.79 Å². The molecule has 0 radical (unpaired) electrons. The topological polar surface area (TPSA) is 32.3 Å². The fourth-order valence-corrected chi connectivity index (χ4v) is 4.54. The summed E-state index contributed by atoms with van der Waals surface area (Å²) in [4.78, 5) is 15.2. The molecule has 1 N–H and O–H groups in total. The summed E-state index contributed by atoms with van der Waals surface area (Å²) in [5.74, 6) is -0.0596. The SMILES string of the molecule is O=C(Nc1ccccc1)N1Cc2ccccc2C(c2ccccc2Cl)c2ccccc21. The monoisotopic (exact) mass is 424 g/mol. The van der Waals surface area contributed by atoms with E-state index in [1.165, 1.54) is 0 Å². The number of halogens is 1. The van der Waals surface area contributed by atoms with Crippen LogP contribution in [0.4, 0.5) is 16.2 Å². The number of nitrogens with one attached hydrogen (secondary N) is 1. The zero-order chi connectivity index (χ0) is 21.2. The number of anilines is 2. The molecule has 31 heavy (non-hydrogen) atoms. The fraction of sp³-hybridized carbons (Fsp3) is 0.0741. The van der Waals surface area contributed by atoms with Gasteiger partial charge in [-0.25, -0.2) is 4.79 Å². The Bertz CT molecular complexity index is 1240. The summed E-state index contributed by atoms with van der Waals surface area (Å²) in [7, 11) is 0. The number of fused-ring (bicyclic) bond motifs is 2. The molecular weight excluding hydrogens is 404 g/mol. The Hall–Kier alpha value is -3.56. The van der Waals surface area contributed by atoms with Crippen LogP contribution in [-0.2, 0) is 6.54 Å². The quantitative estimate of drug-likeness (QED) is 0.366. The van der Waals surface area contributed by atoms with Crippen molar-refractivity contribution in [1.29, 1.82) is 0 Å². The van der Waals surface area contributed by atoms with Crippen molar-refractivity contribution in [2.75, 3.05) is 10.2 Å². The highest BCUT2D eigenvalue weighted by atomic mass is 35.5. The van der Waals surface area contributed by atoms with Crippen molar-refractivity contribution in [3.63, 3.8) is 0 Å². The Morgan fingerprint density at radius 2 is 1.35 bits per heavy atom. The van der Waals surface area contributed by atoms with Gasteiger partial charge >= 0.3 is 6.03 Å². The van der Waals surface area contributed by atoms with Crippen molar-refractivity contribution in [3.05, 3.63) is 130 Å². The van der Waals surface area contributed by atoms with Crippen LogP contribution >= 0.6 is 11.6 Å². The van der Waals surface area contributed by atoms with Crippen LogP contribution in [0.2, 0.25) is 5.02 Å². The average molecular weight is 425 g/mol. The van der Waals surface area contributed by atoms with Crippen LogP contribution in [0.5, 0.6) is 0 Å².